The fourth-order valence-corrected chi connectivity index (χ4v) is 20.2. The van der Waals surface area contributed by atoms with E-state index in [1.54, 1.807) is 42.5 Å². The van der Waals surface area contributed by atoms with Crippen LogP contribution in [0.5, 0.6) is 0 Å². The van der Waals surface area contributed by atoms with E-state index >= 15 is 17.6 Å². The molecule has 2 saturated heterocycles. The molecule has 6 fully saturated rings. The number of H-pyrrole nitrogens is 1. The van der Waals surface area contributed by atoms with Crippen molar-refractivity contribution in [2.75, 3.05) is 26.4 Å². The SMILES string of the molecule is Cc1noc(C)c1-c1cnc2c(-c3cn[nH]c3)cn(CC3(F)CCCCC3)c2c1.Cc1noc(C)c1-c1cnc2c(-c3cnn(C(F)F)c3)cn(CC3(F)CCC(C)(F)CC3)c2c1.Cc1noc(C)c1-c1cnc2c(-c3cnn(C(F)F)c3)cn(CC3(F)CCC4(CC3)OCCO4)c2c1.Cc1noc(C)c1-c1cnc2c(I)cn(CC3(F)CCC4(CC3)OCCO4)c2c1. The molecule has 21 rings (SSSR count). The van der Waals surface area contributed by atoms with Crippen molar-refractivity contribution in [3.63, 3.8) is 0 Å². The molecule has 15 aromatic heterocycles. The molecule has 2 aliphatic heterocycles. The lowest BCUT2D eigenvalue weighted by molar-refractivity contribution is -0.194. The molecule has 17 heterocycles. The van der Waals surface area contributed by atoms with Crippen molar-refractivity contribution >= 4 is 66.7 Å². The lowest BCUT2D eigenvalue weighted by Crippen LogP contribution is -2.43. The number of alkyl halides is 9. The Morgan fingerprint density at radius 2 is 0.680 bits per heavy atom. The average Bonchev–Trinajstić information content (AvgIpc) is 1.61. The van der Waals surface area contributed by atoms with Gasteiger partial charge in [0.2, 0.25) is 0 Å². The molecule has 0 radical (unpaired) electrons. The van der Waals surface area contributed by atoms with Gasteiger partial charge in [0.1, 0.15) is 56.9 Å². The summed E-state index contributed by atoms with van der Waals surface area (Å²) in [5, 5.41) is 30.6. The van der Waals surface area contributed by atoms with Gasteiger partial charge in [-0.05, 0) is 173 Å². The number of hydrogen-bond acceptors (Lipinski definition) is 19. The molecule has 0 amide bonds. The van der Waals surface area contributed by atoms with Gasteiger partial charge in [-0.2, -0.15) is 32.9 Å². The van der Waals surface area contributed by atoms with E-state index in [9.17, 15) is 22.0 Å². The first kappa shape index (κ1) is 87.8. The molecule has 0 bridgehead atoms. The Hall–Kier alpha value is -10.8. The summed E-state index contributed by atoms with van der Waals surface area (Å²) >= 11 is 2.27. The summed E-state index contributed by atoms with van der Waals surface area (Å²) in [7, 11) is 0. The van der Waals surface area contributed by atoms with Crippen LogP contribution in [0.15, 0.2) is 129 Å². The topological polar surface area (TPSA) is 277 Å². The predicted molar refractivity (Wildman–Crippen MR) is 467 cm³/mol. The number of hydrogen-bond donors (Lipinski definition) is 1. The maximum Gasteiger partial charge on any atom is 0.333 e. The van der Waals surface area contributed by atoms with Gasteiger partial charge in [-0.25, -0.2) is 31.3 Å². The number of fused-ring (bicyclic) bond motifs is 4. The molecule has 674 valence electrons. The summed E-state index contributed by atoms with van der Waals surface area (Å²) in [6.45, 7) is 13.9. The fourth-order valence-electron chi connectivity index (χ4n) is 19.5. The lowest BCUT2D eigenvalue weighted by Gasteiger charge is -2.39. The number of aromatic nitrogens is 18. The van der Waals surface area contributed by atoms with E-state index in [-0.39, 0.29) is 38.8 Å². The van der Waals surface area contributed by atoms with Crippen molar-refractivity contribution in [2.24, 2.45) is 0 Å². The van der Waals surface area contributed by atoms with Crippen molar-refractivity contribution in [1.29, 1.82) is 0 Å². The number of halogens is 10. The Kier molecular flexibility index (Phi) is 23.7. The molecule has 4 saturated carbocycles. The Labute approximate surface area is 743 Å². The predicted octanol–water partition coefficient (Wildman–Crippen LogP) is 22.5. The number of ether oxygens (including phenoxy) is 4. The minimum Gasteiger partial charge on any atom is -0.361 e. The van der Waals surface area contributed by atoms with E-state index in [1.807, 2.05) is 105 Å². The van der Waals surface area contributed by atoms with Crippen molar-refractivity contribution in [3.8, 4) is 77.9 Å². The average molecular weight is 1880 g/mol. The summed E-state index contributed by atoms with van der Waals surface area (Å²) in [5.41, 5.74) is 13.2. The second-order valence-electron chi connectivity index (χ2n) is 35.5. The van der Waals surface area contributed by atoms with Crippen molar-refractivity contribution in [3.05, 3.63) is 160 Å². The number of aryl methyl sites for hydroxylation is 8. The summed E-state index contributed by atoms with van der Waals surface area (Å²) in [6.07, 6.45) is 31.8. The van der Waals surface area contributed by atoms with Crippen LogP contribution in [0.3, 0.4) is 0 Å². The van der Waals surface area contributed by atoms with Crippen molar-refractivity contribution in [2.45, 2.75) is 251 Å². The zero-order valence-electron chi connectivity index (χ0n) is 72.4. The molecular weight excluding hydrogens is 1780 g/mol. The normalized spacial score (nSPS) is 20.8. The van der Waals surface area contributed by atoms with Gasteiger partial charge < -0.3 is 55.3 Å². The Balaban J connectivity index is 0.000000116. The highest BCUT2D eigenvalue weighted by Gasteiger charge is 2.49. The third kappa shape index (κ3) is 17.6. The van der Waals surface area contributed by atoms with Crippen LogP contribution in [0.2, 0.25) is 0 Å². The lowest BCUT2D eigenvalue weighted by atomic mass is 9.79. The van der Waals surface area contributed by atoms with E-state index in [4.69, 9.17) is 42.0 Å². The van der Waals surface area contributed by atoms with Gasteiger partial charge in [-0.3, -0.25) is 25.0 Å². The molecule has 2 spiro atoms. The molecule has 0 aromatic carbocycles. The molecule has 6 aliphatic rings. The van der Waals surface area contributed by atoms with E-state index in [0.29, 0.717) is 175 Å². The van der Waals surface area contributed by atoms with Crippen LogP contribution in [0.25, 0.3) is 122 Å². The maximum atomic E-state index is 16.2. The monoisotopic (exact) mass is 1880 g/mol. The highest BCUT2D eigenvalue weighted by molar-refractivity contribution is 14.1. The van der Waals surface area contributed by atoms with E-state index in [1.165, 1.54) is 31.7 Å². The van der Waals surface area contributed by atoms with Gasteiger partial charge in [-0.1, -0.05) is 39.9 Å². The minimum absolute atomic E-state index is 0.00923. The molecule has 0 unspecified atom stereocenters. The number of aromatic amines is 1. The zero-order chi connectivity index (χ0) is 89.6. The van der Waals surface area contributed by atoms with E-state index < -0.39 is 53.0 Å². The summed E-state index contributed by atoms with van der Waals surface area (Å²) in [4.78, 5) is 18.7. The largest absolute Gasteiger partial charge is 0.361 e. The summed E-state index contributed by atoms with van der Waals surface area (Å²) < 4.78 is 184. The Morgan fingerprint density at radius 1 is 0.367 bits per heavy atom. The maximum absolute atomic E-state index is 16.2. The molecule has 4 aliphatic carbocycles. The number of nitrogens with one attached hydrogen (secondary N) is 1. The van der Waals surface area contributed by atoms with Gasteiger partial charge >= 0.3 is 13.1 Å². The fraction of sp³-hybridized carbons (Fsp3) is 0.467. The summed E-state index contributed by atoms with van der Waals surface area (Å²) in [5.74, 6) is 1.58. The Bertz CT molecular complexity index is 6440. The molecule has 36 heteroatoms. The van der Waals surface area contributed by atoms with Crippen LogP contribution >= 0.6 is 22.6 Å². The second kappa shape index (κ2) is 34.6. The molecule has 128 heavy (non-hydrogen) atoms. The highest BCUT2D eigenvalue weighted by Crippen LogP contribution is 2.49. The van der Waals surface area contributed by atoms with Crippen LogP contribution in [-0.2, 0) is 45.1 Å². The van der Waals surface area contributed by atoms with Crippen LogP contribution in [0, 0.1) is 59.0 Å². The number of rotatable bonds is 17. The van der Waals surface area contributed by atoms with Gasteiger partial charge in [0.05, 0.1) is 136 Å². The molecule has 15 aromatic rings. The van der Waals surface area contributed by atoms with E-state index in [2.05, 4.69) is 90.7 Å². The van der Waals surface area contributed by atoms with Crippen molar-refractivity contribution in [1.82, 2.24) is 88.6 Å². The molecule has 0 atom stereocenters. The number of nitrogens with zero attached hydrogens (tertiary/aromatic N) is 17. The Morgan fingerprint density at radius 3 is 0.992 bits per heavy atom. The van der Waals surface area contributed by atoms with Crippen LogP contribution in [0.1, 0.15) is 175 Å². The molecular formula is C92H98F9IN18O8. The van der Waals surface area contributed by atoms with Crippen LogP contribution < -0.4 is 0 Å². The second-order valence-corrected chi connectivity index (χ2v) is 36.7. The quantitative estimate of drug-likeness (QED) is 0.0655. The molecule has 1 N–H and O–H groups in total. The minimum atomic E-state index is -2.77. The third-order valence-corrected chi connectivity index (χ3v) is 27.1. The number of pyridine rings is 4. The van der Waals surface area contributed by atoms with Crippen LogP contribution in [0.4, 0.5) is 39.5 Å². The zero-order valence-corrected chi connectivity index (χ0v) is 74.5. The van der Waals surface area contributed by atoms with Crippen molar-refractivity contribution < 1.29 is 76.6 Å². The van der Waals surface area contributed by atoms with Gasteiger partial charge in [0.15, 0.2) is 11.6 Å². The summed E-state index contributed by atoms with van der Waals surface area (Å²) in [6, 6.07) is 7.94. The van der Waals surface area contributed by atoms with Gasteiger partial charge in [0, 0.05) is 172 Å². The highest BCUT2D eigenvalue weighted by atomic mass is 127. The standard InChI is InChI=1S/C25H26F3N5O3.C24H25F4N5O.C22H24FN5O.C21H23FIN3O3/c1-15-21(16(2)36-31-15)17-9-20-22(29-10-17)19(18-11-30-33(12-18)23(26)27)13-32(20)14-24(28)3-5-25(6-4-24)34-7-8-35-25;1-14-20(15(2)34-31-14)16-8-19-21(29-9-16)18(17-10-30-33(11-17)22(25)26)12-32(19)13-24(28)6-4-23(3,27)5-7-24;1-14-20(15(2)29-27-14)16-8-19-21(24-9-16)18(17-10-25-26-11-17)12-28(19)13-22(23)6-4-3-5-7-22;1-13-18(14(2)29-25-13)15-9-17-19(24-10-15)16(23)11-26(17)12-20(22)3-5-21(6-4-20)27-7-8-28-21/h9-13,23H,3-8,14H2,1-2H3;8-12,22H,4-7,13H2,1-3H3;8-12H,3-7,13H2,1-2H3,(H,25,26);9-11H,3-8,12H2,1-2H3. The first-order valence-electron chi connectivity index (χ1n) is 43.2. The first-order valence-corrected chi connectivity index (χ1v) is 44.3. The smallest absolute Gasteiger partial charge is 0.333 e. The third-order valence-electron chi connectivity index (χ3n) is 26.3. The first-order chi connectivity index (χ1) is 61.2. The van der Waals surface area contributed by atoms with Gasteiger partial charge in [-0.15, -0.1) is 0 Å². The molecule has 26 nitrogen and oxygen atoms in total. The van der Waals surface area contributed by atoms with Crippen LogP contribution in [-0.4, -0.2) is 155 Å². The van der Waals surface area contributed by atoms with E-state index in [0.717, 1.165) is 129 Å². The van der Waals surface area contributed by atoms with Gasteiger partial charge in [0.25, 0.3) is 0 Å².